The largest absolute Gasteiger partial charge is 0.354 e. The van der Waals surface area contributed by atoms with Crippen molar-refractivity contribution < 1.29 is 8.78 Å². The second-order valence-corrected chi connectivity index (χ2v) is 12.1. The fourth-order valence-corrected chi connectivity index (χ4v) is 6.99. The summed E-state index contributed by atoms with van der Waals surface area (Å²) in [5.74, 6) is -1.61. The Morgan fingerprint density at radius 2 is 1.71 bits per heavy atom. The van der Waals surface area contributed by atoms with Gasteiger partial charge in [0, 0.05) is 63.2 Å². The van der Waals surface area contributed by atoms with Crippen molar-refractivity contribution in [2.45, 2.75) is 44.6 Å². The van der Waals surface area contributed by atoms with E-state index in [-0.39, 0.29) is 24.8 Å². The highest BCUT2D eigenvalue weighted by Crippen LogP contribution is 2.46. The minimum Gasteiger partial charge on any atom is -0.354 e. The van der Waals surface area contributed by atoms with Crippen LogP contribution >= 0.6 is 0 Å². The Labute approximate surface area is 244 Å². The van der Waals surface area contributed by atoms with E-state index in [0.717, 1.165) is 76.6 Å². The molecular weight excluding hydrogens is 534 g/mol. The molecule has 5 heterocycles. The third kappa shape index (κ3) is 4.76. The van der Waals surface area contributed by atoms with E-state index in [9.17, 15) is 8.78 Å². The normalized spacial score (nSPS) is 21.0. The summed E-state index contributed by atoms with van der Waals surface area (Å²) in [6.45, 7) is 5.83. The molecule has 1 saturated carbocycles. The van der Waals surface area contributed by atoms with E-state index in [1.54, 1.807) is 0 Å². The number of alkyl halides is 2. The number of piperazine rings is 1. The number of allylic oxidation sites excluding steroid dienone is 1. The number of nitrogens with zero attached hydrogens (tertiary/aromatic N) is 6. The molecule has 1 unspecified atom stereocenters. The van der Waals surface area contributed by atoms with Crippen LogP contribution in [0.15, 0.2) is 60.4 Å². The van der Waals surface area contributed by atoms with E-state index < -0.39 is 5.92 Å². The average Bonchev–Trinajstić information content (AvgIpc) is 3.50. The molecule has 2 aliphatic heterocycles. The Morgan fingerprint density at radius 3 is 2.40 bits per heavy atom. The van der Waals surface area contributed by atoms with Crippen molar-refractivity contribution in [3.8, 4) is 0 Å². The average molecular weight is 573 g/mol. The maximum Gasteiger partial charge on any atom is 0.248 e. The lowest BCUT2D eigenvalue weighted by molar-refractivity contribution is -0.0493. The highest BCUT2D eigenvalue weighted by Gasteiger charge is 2.40. The van der Waals surface area contributed by atoms with E-state index in [4.69, 9.17) is 9.97 Å². The number of benzene rings is 1. The Balaban J connectivity index is 1.46. The summed E-state index contributed by atoms with van der Waals surface area (Å²) in [7, 11) is 4.12. The van der Waals surface area contributed by atoms with E-state index in [0.29, 0.717) is 12.8 Å². The molecule has 1 saturated heterocycles. The number of rotatable bonds is 5. The molecule has 0 amide bonds. The van der Waals surface area contributed by atoms with Gasteiger partial charge in [0.15, 0.2) is 0 Å². The predicted molar refractivity (Wildman–Crippen MR) is 163 cm³/mol. The second kappa shape index (κ2) is 10.5. The Morgan fingerprint density at radius 1 is 0.976 bits per heavy atom. The first-order valence-electron chi connectivity index (χ1n) is 14.9. The van der Waals surface area contributed by atoms with Crippen LogP contribution in [0.4, 0.5) is 14.6 Å². The zero-order valence-electron chi connectivity index (χ0n) is 24.4. The van der Waals surface area contributed by atoms with Crippen molar-refractivity contribution in [1.82, 2.24) is 35.4 Å². The molecule has 2 N–H and O–H groups in total. The van der Waals surface area contributed by atoms with Gasteiger partial charge in [-0.05, 0) is 56.5 Å². The van der Waals surface area contributed by atoms with E-state index >= 15 is 0 Å². The first kappa shape index (κ1) is 27.1. The monoisotopic (exact) mass is 572 g/mol. The number of hydrogen-bond acceptors (Lipinski definition) is 7. The molecule has 0 spiro atoms. The number of likely N-dealkylation sites (N-methyl/N-ethyl adjacent to an activating group) is 1. The smallest absolute Gasteiger partial charge is 0.248 e. The number of hydrogen-bond donors (Lipinski definition) is 2. The molecule has 1 atom stereocenters. The molecule has 8 nitrogen and oxygen atoms in total. The molecule has 3 aromatic heterocycles. The second-order valence-electron chi connectivity index (χ2n) is 12.1. The van der Waals surface area contributed by atoms with Crippen LogP contribution in [-0.2, 0) is 0 Å². The maximum absolute atomic E-state index is 14.4. The summed E-state index contributed by atoms with van der Waals surface area (Å²) >= 11 is 0. The summed E-state index contributed by atoms with van der Waals surface area (Å²) in [5.41, 5.74) is 13.2. The summed E-state index contributed by atoms with van der Waals surface area (Å²) < 4.78 is 31.2. The van der Waals surface area contributed by atoms with Crippen LogP contribution in [0, 0.1) is 5.92 Å². The summed E-state index contributed by atoms with van der Waals surface area (Å²) in [4.78, 5) is 15.0. The van der Waals surface area contributed by atoms with Crippen LogP contribution in [-0.4, -0.2) is 70.6 Å². The van der Waals surface area contributed by atoms with Gasteiger partial charge in [-0.15, -0.1) is 5.53 Å². The molecule has 42 heavy (non-hydrogen) atoms. The van der Waals surface area contributed by atoms with Crippen molar-refractivity contribution in [2.24, 2.45) is 5.92 Å². The molecule has 1 aliphatic carbocycles. The fraction of sp³-hybridized carbons (Fsp3) is 0.438. The van der Waals surface area contributed by atoms with Crippen molar-refractivity contribution in [3.05, 3.63) is 71.6 Å². The number of pyridine rings is 2. The summed E-state index contributed by atoms with van der Waals surface area (Å²) in [6.07, 6.45) is 2.66. The minimum atomic E-state index is -2.60. The van der Waals surface area contributed by atoms with Gasteiger partial charge < -0.3 is 19.8 Å². The van der Waals surface area contributed by atoms with Crippen LogP contribution in [0.1, 0.15) is 49.8 Å². The Kier molecular flexibility index (Phi) is 6.78. The van der Waals surface area contributed by atoms with Gasteiger partial charge in [0.2, 0.25) is 5.92 Å². The van der Waals surface area contributed by atoms with Gasteiger partial charge >= 0.3 is 0 Å². The van der Waals surface area contributed by atoms with Crippen LogP contribution in [0.5, 0.6) is 0 Å². The Hall–Kier alpha value is -3.76. The summed E-state index contributed by atoms with van der Waals surface area (Å²) in [6, 6.07) is 16.6. The fourth-order valence-electron chi connectivity index (χ4n) is 6.99. The standard InChI is InChI=1S/C32H38F2N8/c1-21-29(40(3)38-37-21)24-19-26-28(35-20-24)25-9-10-27(41-17-15-39(2)16-18-41)36-31(25)42(26)30(22-7-5-4-6-8-22)23-11-13-32(33,34)14-12-23/h4-10,19-20,23,30,37-38H,11-18H2,1-3H3. The quantitative estimate of drug-likeness (QED) is 0.332. The lowest BCUT2D eigenvalue weighted by Crippen LogP contribution is -2.44. The van der Waals surface area contributed by atoms with Gasteiger partial charge in [-0.1, -0.05) is 30.3 Å². The van der Waals surface area contributed by atoms with Crippen LogP contribution in [0.3, 0.4) is 0 Å². The number of nitrogens with one attached hydrogen (secondary N) is 2. The number of fused-ring (bicyclic) bond motifs is 3. The van der Waals surface area contributed by atoms with Crippen LogP contribution in [0.25, 0.3) is 27.8 Å². The predicted octanol–water partition coefficient (Wildman–Crippen LogP) is 5.39. The first-order valence-corrected chi connectivity index (χ1v) is 14.9. The minimum absolute atomic E-state index is 0.0435. The maximum atomic E-state index is 14.4. The lowest BCUT2D eigenvalue weighted by atomic mass is 9.79. The van der Waals surface area contributed by atoms with Crippen LogP contribution in [0.2, 0.25) is 0 Å². The van der Waals surface area contributed by atoms with Crippen molar-refractivity contribution >= 4 is 33.6 Å². The van der Waals surface area contributed by atoms with Gasteiger partial charge in [0.25, 0.3) is 0 Å². The Bertz CT molecular complexity index is 1630. The molecule has 220 valence electrons. The van der Waals surface area contributed by atoms with E-state index in [2.05, 4.69) is 62.7 Å². The van der Waals surface area contributed by atoms with Crippen LogP contribution < -0.4 is 15.9 Å². The highest BCUT2D eigenvalue weighted by molar-refractivity contribution is 6.05. The molecule has 10 heteroatoms. The number of aromatic nitrogens is 3. The molecule has 3 aliphatic rings. The molecule has 2 fully saturated rings. The van der Waals surface area contributed by atoms with Gasteiger partial charge in [-0.2, -0.15) is 0 Å². The summed E-state index contributed by atoms with van der Waals surface area (Å²) in [5, 5.41) is 2.94. The third-order valence-corrected chi connectivity index (χ3v) is 9.30. The molecule has 0 radical (unpaired) electrons. The van der Waals surface area contributed by atoms with Gasteiger partial charge in [-0.3, -0.25) is 9.99 Å². The van der Waals surface area contributed by atoms with Gasteiger partial charge in [-0.25, -0.2) is 13.8 Å². The zero-order chi connectivity index (χ0) is 29.0. The molecule has 0 bridgehead atoms. The van der Waals surface area contributed by atoms with Crippen molar-refractivity contribution in [2.75, 3.05) is 45.2 Å². The van der Waals surface area contributed by atoms with E-state index in [1.165, 1.54) is 0 Å². The van der Waals surface area contributed by atoms with Gasteiger partial charge in [0.1, 0.15) is 11.5 Å². The highest BCUT2D eigenvalue weighted by atomic mass is 19.3. The molecule has 4 aromatic rings. The van der Waals surface area contributed by atoms with E-state index in [1.807, 2.05) is 43.4 Å². The molecule has 7 rings (SSSR count). The number of anilines is 1. The molecular formula is C32H38F2N8. The first-order chi connectivity index (χ1) is 20.3. The third-order valence-electron chi connectivity index (χ3n) is 9.30. The number of hydrazine groups is 2. The topological polar surface area (TPSA) is 64.5 Å². The number of halogens is 2. The lowest BCUT2D eigenvalue weighted by Gasteiger charge is -2.36. The SMILES string of the molecule is CC1=C(c2cnc3c4ccc(N5CCN(C)CC5)nc4n(C(c4ccccc4)C4CCC(F)(F)CC4)c3c2)N(C)NN1. The van der Waals surface area contributed by atoms with Gasteiger partial charge in [0.05, 0.1) is 28.5 Å². The zero-order valence-corrected chi connectivity index (χ0v) is 24.4. The van der Waals surface area contributed by atoms with Crippen molar-refractivity contribution in [3.63, 3.8) is 0 Å². The molecule has 1 aromatic carbocycles. The van der Waals surface area contributed by atoms with Crippen molar-refractivity contribution in [1.29, 1.82) is 0 Å².